The molecular weight excluding hydrogens is 655 g/mol. The number of fused-ring (bicyclic) bond motifs is 1. The Balaban J connectivity index is 1.58. The summed E-state index contributed by atoms with van der Waals surface area (Å²) < 4.78 is 18.2. The van der Waals surface area contributed by atoms with E-state index >= 15 is 0 Å². The van der Waals surface area contributed by atoms with E-state index in [-0.39, 0.29) is 29.6 Å². The number of hydrogen-bond acceptors (Lipinski definition) is 8. The summed E-state index contributed by atoms with van der Waals surface area (Å²) in [5, 5.41) is 14.8. The summed E-state index contributed by atoms with van der Waals surface area (Å²) in [6, 6.07) is 3.26. The molecule has 1 unspecified atom stereocenters. The van der Waals surface area contributed by atoms with Crippen LogP contribution >= 0.6 is 23.2 Å². The average molecular weight is 706 g/mol. The molecule has 12 heteroatoms. The number of allylic oxidation sites excluding steroid dienone is 1. The minimum Gasteiger partial charge on any atom is -0.470 e. The zero-order valence-corrected chi connectivity index (χ0v) is 30.6. The molecule has 1 saturated carbocycles. The highest BCUT2D eigenvalue weighted by atomic mass is 35.5. The zero-order valence-electron chi connectivity index (χ0n) is 29.1. The fourth-order valence-electron chi connectivity index (χ4n) is 6.51. The lowest BCUT2D eigenvalue weighted by Gasteiger charge is -2.38. The van der Waals surface area contributed by atoms with Crippen LogP contribution in [0.1, 0.15) is 80.6 Å². The van der Waals surface area contributed by atoms with Crippen LogP contribution in [-0.4, -0.2) is 74.7 Å². The molecule has 2 fully saturated rings. The second kappa shape index (κ2) is 15.3. The van der Waals surface area contributed by atoms with Crippen LogP contribution in [0.3, 0.4) is 0 Å². The van der Waals surface area contributed by atoms with E-state index in [0.29, 0.717) is 22.5 Å². The first-order valence-corrected chi connectivity index (χ1v) is 17.3. The van der Waals surface area contributed by atoms with Crippen molar-refractivity contribution in [1.29, 1.82) is 0 Å². The first-order valence-electron chi connectivity index (χ1n) is 16.6. The highest BCUT2D eigenvalue weighted by Gasteiger charge is 2.51. The molecule has 2 amide bonds. The third-order valence-corrected chi connectivity index (χ3v) is 9.39. The summed E-state index contributed by atoms with van der Waals surface area (Å²) in [5.41, 5.74) is 0.673. The van der Waals surface area contributed by atoms with Crippen LogP contribution in [0.15, 0.2) is 43.0 Å². The minimum absolute atomic E-state index is 0.0548. The summed E-state index contributed by atoms with van der Waals surface area (Å²) in [4.78, 5) is 38.4. The molecule has 10 nitrogen and oxygen atoms in total. The number of aromatic nitrogens is 2. The maximum absolute atomic E-state index is 14.5. The fourth-order valence-corrected chi connectivity index (χ4v) is 6.86. The van der Waals surface area contributed by atoms with Gasteiger partial charge in [-0.3, -0.25) is 4.79 Å². The molecule has 4 rings (SSSR count). The van der Waals surface area contributed by atoms with Gasteiger partial charge < -0.3 is 29.5 Å². The summed E-state index contributed by atoms with van der Waals surface area (Å²) in [6.45, 7) is 20.9. The number of nitrogens with zero attached hydrogens (tertiary/aromatic N) is 3. The number of alkyl carbamates (subject to hydrolysis) is 1. The maximum atomic E-state index is 14.5. The van der Waals surface area contributed by atoms with Gasteiger partial charge in [0.1, 0.15) is 18.2 Å². The van der Waals surface area contributed by atoms with E-state index in [1.165, 1.54) is 4.90 Å². The molecule has 1 aliphatic carbocycles. The van der Waals surface area contributed by atoms with E-state index < -0.39 is 53.4 Å². The molecule has 2 N–H and O–H groups in total. The van der Waals surface area contributed by atoms with E-state index in [1.807, 2.05) is 54.5 Å². The van der Waals surface area contributed by atoms with Crippen LogP contribution < -0.4 is 10.1 Å². The number of nitrogens with one attached hydrogen (secondary N) is 1. The van der Waals surface area contributed by atoms with E-state index in [0.717, 1.165) is 31.3 Å². The van der Waals surface area contributed by atoms with Gasteiger partial charge in [-0.15, -0.1) is 6.58 Å². The number of carbonyl (C=O) groups excluding carboxylic acids is 2. The van der Waals surface area contributed by atoms with Gasteiger partial charge in [-0.25, -0.2) is 14.8 Å². The van der Waals surface area contributed by atoms with Crippen molar-refractivity contribution in [2.75, 3.05) is 6.54 Å². The van der Waals surface area contributed by atoms with Gasteiger partial charge in [0.05, 0.1) is 29.2 Å². The molecule has 2 aromatic rings. The first-order chi connectivity index (χ1) is 22.4. The number of unbranched alkanes of at least 4 members (excludes halogenated alkanes) is 1. The van der Waals surface area contributed by atoms with Gasteiger partial charge in [-0.05, 0) is 70.1 Å². The van der Waals surface area contributed by atoms with Crippen LogP contribution in [0.25, 0.3) is 11.0 Å². The first kappa shape index (κ1) is 37.9. The van der Waals surface area contributed by atoms with Crippen molar-refractivity contribution >= 4 is 46.2 Å². The van der Waals surface area contributed by atoms with Crippen molar-refractivity contribution in [3.63, 3.8) is 0 Å². The van der Waals surface area contributed by atoms with Gasteiger partial charge in [0.25, 0.3) is 5.88 Å². The number of ether oxygens (including phenoxy) is 3. The molecule has 2 aliphatic rings. The quantitative estimate of drug-likeness (QED) is 0.140. The Morgan fingerprint density at radius 3 is 2.48 bits per heavy atom. The van der Waals surface area contributed by atoms with Crippen molar-refractivity contribution in [1.82, 2.24) is 20.2 Å². The molecule has 1 aromatic carbocycles. The lowest BCUT2D eigenvalue weighted by atomic mass is 9.85. The summed E-state index contributed by atoms with van der Waals surface area (Å²) in [6.07, 6.45) is 3.02. The van der Waals surface area contributed by atoms with E-state index in [1.54, 1.807) is 18.2 Å². The van der Waals surface area contributed by atoms with Gasteiger partial charge >= 0.3 is 6.09 Å². The van der Waals surface area contributed by atoms with Crippen molar-refractivity contribution < 1.29 is 28.9 Å². The third kappa shape index (κ3) is 9.40. The molecule has 264 valence electrons. The van der Waals surface area contributed by atoms with Gasteiger partial charge in [0.2, 0.25) is 5.91 Å². The molecule has 0 radical (unpaired) electrons. The molecule has 0 spiro atoms. The number of carbonyl (C=O) groups is 2. The third-order valence-electron chi connectivity index (χ3n) is 8.91. The monoisotopic (exact) mass is 704 g/mol. The van der Waals surface area contributed by atoms with Gasteiger partial charge in [-0.2, -0.15) is 0 Å². The predicted octanol–water partition coefficient (Wildman–Crippen LogP) is 7.50. The molecule has 7 atom stereocenters. The molecule has 0 bridgehead atoms. The van der Waals surface area contributed by atoms with Crippen molar-refractivity contribution in [2.45, 2.75) is 117 Å². The Labute approximate surface area is 294 Å². The van der Waals surface area contributed by atoms with Gasteiger partial charge in [-0.1, -0.05) is 69.1 Å². The molecular formula is C36H50Cl2N4O6. The Morgan fingerprint density at radius 1 is 1.12 bits per heavy atom. The Morgan fingerprint density at radius 2 is 1.83 bits per heavy atom. The topological polar surface area (TPSA) is 123 Å². The smallest absolute Gasteiger partial charge is 0.408 e. The zero-order chi connectivity index (χ0) is 35.6. The number of rotatable bonds is 11. The van der Waals surface area contributed by atoms with Crippen LogP contribution in [0.4, 0.5) is 4.79 Å². The Hall–Kier alpha value is -2.92. The summed E-state index contributed by atoms with van der Waals surface area (Å²) in [7, 11) is 0. The lowest BCUT2D eigenvalue weighted by molar-refractivity contribution is -0.201. The van der Waals surface area contributed by atoms with Gasteiger partial charge in [0.15, 0.2) is 11.4 Å². The SMILES string of the molecule is C=CCCC[C@@H]1CC(=C)C[C@H]1OC(=O)N[C@H](C(=O)N1C[C@H](Oc2nc3cc(Cl)ccc3nc2Cl)[C@@H](C)[C@H]1C(O)OC(C)(C)C)C(C)(C)C. The number of amides is 2. The average Bonchev–Trinajstić information content (AvgIpc) is 3.48. The normalized spacial score (nSPS) is 24.4. The van der Waals surface area contributed by atoms with Crippen LogP contribution in [-0.2, 0) is 14.3 Å². The van der Waals surface area contributed by atoms with E-state index in [2.05, 4.69) is 28.4 Å². The highest BCUT2D eigenvalue weighted by molar-refractivity contribution is 6.32. The highest BCUT2D eigenvalue weighted by Crippen LogP contribution is 2.37. The Bertz CT molecular complexity index is 1510. The number of hydrogen-bond donors (Lipinski definition) is 2. The van der Waals surface area contributed by atoms with Crippen LogP contribution in [0.5, 0.6) is 5.88 Å². The number of aliphatic hydroxyl groups excluding tert-OH is 1. The van der Waals surface area contributed by atoms with Crippen molar-refractivity contribution in [3.05, 3.63) is 53.2 Å². The number of halogens is 2. The van der Waals surface area contributed by atoms with Gasteiger partial charge in [0, 0.05) is 23.3 Å². The molecule has 48 heavy (non-hydrogen) atoms. The minimum atomic E-state index is -1.36. The fraction of sp³-hybridized carbons (Fsp3) is 0.611. The second-order valence-electron chi connectivity index (χ2n) is 15.1. The largest absolute Gasteiger partial charge is 0.470 e. The maximum Gasteiger partial charge on any atom is 0.408 e. The van der Waals surface area contributed by atoms with Crippen LogP contribution in [0.2, 0.25) is 10.2 Å². The summed E-state index contributed by atoms with van der Waals surface area (Å²) in [5.74, 6) is -0.593. The van der Waals surface area contributed by atoms with Crippen LogP contribution in [0, 0.1) is 17.3 Å². The molecule has 1 aliphatic heterocycles. The molecule has 1 saturated heterocycles. The number of aliphatic hydroxyl groups is 1. The Kier molecular flexibility index (Phi) is 12.1. The lowest BCUT2D eigenvalue weighted by Crippen LogP contribution is -2.58. The van der Waals surface area contributed by atoms with E-state index in [4.69, 9.17) is 37.4 Å². The standard InChI is InChI=1S/C36H50Cl2N4O6/c1-10-11-12-13-22-16-20(2)17-26(22)47-34(45)41-29(35(4,5)6)32(43)42-19-27(21(3)28(42)33(44)48-36(7,8)9)46-31-30(38)39-24-15-14-23(37)18-25(24)40-31/h10,14-15,18,21-22,26-29,33,44H,1-2,11-13,16-17,19H2,3-9H3,(H,41,45)/t21-,22-,26-,27+,28+,29-,33?/m1/s1. The number of benzene rings is 1. The van der Waals surface area contributed by atoms with Crippen molar-refractivity contribution in [2.24, 2.45) is 17.3 Å². The summed E-state index contributed by atoms with van der Waals surface area (Å²) >= 11 is 12.7. The van der Waals surface area contributed by atoms with E-state index in [9.17, 15) is 14.7 Å². The molecule has 2 heterocycles. The predicted molar refractivity (Wildman–Crippen MR) is 188 cm³/mol. The van der Waals surface area contributed by atoms with Crippen molar-refractivity contribution in [3.8, 4) is 5.88 Å². The number of likely N-dealkylation sites (tertiary alicyclic amines) is 1. The second-order valence-corrected chi connectivity index (χ2v) is 15.9. The molecule has 1 aromatic heterocycles.